The average molecular weight is 261 g/mol. The SMILES string of the molecule is NCCN.O=S(=O)(O)O.[Rh]. The minimum Gasteiger partial charge on any atom is -0.329 e. The van der Waals surface area contributed by atoms with Gasteiger partial charge in [0.2, 0.25) is 0 Å². The maximum absolute atomic E-state index is 8.74. The molecule has 6 nitrogen and oxygen atoms in total. The van der Waals surface area contributed by atoms with Crippen molar-refractivity contribution in [2.75, 3.05) is 13.1 Å². The second-order valence-electron chi connectivity index (χ2n) is 1.03. The van der Waals surface area contributed by atoms with Gasteiger partial charge < -0.3 is 11.5 Å². The van der Waals surface area contributed by atoms with Crippen molar-refractivity contribution in [1.29, 1.82) is 0 Å². The van der Waals surface area contributed by atoms with Crippen LogP contribution in [0.1, 0.15) is 0 Å². The zero-order valence-corrected chi connectivity index (χ0v) is 7.48. The summed E-state index contributed by atoms with van der Waals surface area (Å²) in [6.45, 7) is 1.19. The Balaban J connectivity index is -0.0000000910. The van der Waals surface area contributed by atoms with Crippen molar-refractivity contribution >= 4 is 10.4 Å². The molecule has 0 aromatic rings. The predicted molar refractivity (Wildman–Crippen MR) is 32.3 cm³/mol. The number of hydrogen-bond donors (Lipinski definition) is 4. The predicted octanol–water partition coefficient (Wildman–Crippen LogP) is -1.75. The second kappa shape index (κ2) is 9.41. The van der Waals surface area contributed by atoms with Gasteiger partial charge in [-0.25, -0.2) is 0 Å². The van der Waals surface area contributed by atoms with E-state index in [1.165, 1.54) is 0 Å². The van der Waals surface area contributed by atoms with E-state index in [-0.39, 0.29) is 19.5 Å². The Morgan fingerprint density at radius 2 is 1.20 bits per heavy atom. The molecule has 0 aliphatic carbocycles. The van der Waals surface area contributed by atoms with Crippen molar-refractivity contribution < 1.29 is 37.0 Å². The molecule has 0 amide bonds. The van der Waals surface area contributed by atoms with Gasteiger partial charge in [-0.1, -0.05) is 0 Å². The molecule has 0 aliphatic heterocycles. The standard InChI is InChI=1S/C2H8N2.H2O4S.Rh/c3-1-2-4;1-5(2,3)4;/h1-4H2;(H2,1,2,3,4);. The quantitative estimate of drug-likeness (QED) is 0.327. The summed E-state index contributed by atoms with van der Waals surface area (Å²) in [6.07, 6.45) is 0. The first-order valence-electron chi connectivity index (χ1n) is 2.01. The average Bonchev–Trinajstić information content (AvgIpc) is 1.61. The first kappa shape index (κ1) is 16.8. The van der Waals surface area contributed by atoms with Gasteiger partial charge in [-0.3, -0.25) is 9.11 Å². The van der Waals surface area contributed by atoms with Crippen LogP contribution in [0.2, 0.25) is 0 Å². The summed E-state index contributed by atoms with van der Waals surface area (Å²) in [5.41, 5.74) is 9.81. The van der Waals surface area contributed by atoms with E-state index in [1.807, 2.05) is 0 Å². The van der Waals surface area contributed by atoms with Gasteiger partial charge in [-0.2, -0.15) is 8.42 Å². The van der Waals surface area contributed by atoms with Gasteiger partial charge in [0.05, 0.1) is 0 Å². The summed E-state index contributed by atoms with van der Waals surface area (Å²) >= 11 is 0. The summed E-state index contributed by atoms with van der Waals surface area (Å²) in [5.74, 6) is 0. The molecule has 0 unspecified atom stereocenters. The summed E-state index contributed by atoms with van der Waals surface area (Å²) < 4.78 is 31.6. The third-order valence-electron chi connectivity index (χ3n) is 0.167. The Kier molecular flexibility index (Phi) is 15.8. The Bertz CT molecular complexity index is 124. The number of hydrogen-bond acceptors (Lipinski definition) is 4. The summed E-state index contributed by atoms with van der Waals surface area (Å²) in [7, 11) is -4.67. The van der Waals surface area contributed by atoms with E-state index in [0.717, 1.165) is 0 Å². The Morgan fingerprint density at radius 1 is 1.10 bits per heavy atom. The van der Waals surface area contributed by atoms with Gasteiger partial charge in [-0.15, -0.1) is 0 Å². The Morgan fingerprint density at radius 3 is 1.20 bits per heavy atom. The molecule has 0 saturated heterocycles. The molecule has 0 aromatic carbocycles. The molecule has 0 heterocycles. The molecule has 0 fully saturated rings. The van der Waals surface area contributed by atoms with Crippen LogP contribution in [-0.4, -0.2) is 30.6 Å². The Hall–Kier alpha value is 0.413. The normalized spacial score (nSPS) is 8.80. The first-order chi connectivity index (χ1) is 3.91. The fourth-order valence-corrected chi connectivity index (χ4v) is 0. The zero-order valence-electron chi connectivity index (χ0n) is 5.02. The fraction of sp³-hybridized carbons (Fsp3) is 1.00. The Labute approximate surface area is 72.3 Å². The van der Waals surface area contributed by atoms with Gasteiger partial charge in [0.25, 0.3) is 0 Å². The molecule has 0 bridgehead atoms. The molecular formula is C2H10N2O4RhS. The maximum Gasteiger partial charge on any atom is 0.394 e. The monoisotopic (exact) mass is 261 g/mol. The van der Waals surface area contributed by atoms with E-state index in [0.29, 0.717) is 13.1 Å². The maximum atomic E-state index is 8.74. The van der Waals surface area contributed by atoms with Gasteiger partial charge in [0, 0.05) is 32.6 Å². The molecule has 10 heavy (non-hydrogen) atoms. The van der Waals surface area contributed by atoms with Gasteiger partial charge in [-0.05, 0) is 0 Å². The van der Waals surface area contributed by atoms with E-state index >= 15 is 0 Å². The second-order valence-corrected chi connectivity index (χ2v) is 1.92. The number of rotatable bonds is 1. The molecule has 67 valence electrons. The zero-order chi connectivity index (χ0) is 7.91. The summed E-state index contributed by atoms with van der Waals surface area (Å²) in [5, 5.41) is 0. The molecule has 0 saturated carbocycles. The third kappa shape index (κ3) is 231. The van der Waals surface area contributed by atoms with E-state index in [1.54, 1.807) is 0 Å². The van der Waals surface area contributed by atoms with Crippen LogP contribution in [0.4, 0.5) is 0 Å². The van der Waals surface area contributed by atoms with E-state index in [2.05, 4.69) is 0 Å². The van der Waals surface area contributed by atoms with Crippen molar-refractivity contribution in [2.24, 2.45) is 11.5 Å². The van der Waals surface area contributed by atoms with Crippen LogP contribution in [0, 0.1) is 0 Å². The van der Waals surface area contributed by atoms with Crippen LogP contribution in [0.25, 0.3) is 0 Å². The van der Waals surface area contributed by atoms with Crippen molar-refractivity contribution in [3.63, 3.8) is 0 Å². The van der Waals surface area contributed by atoms with E-state index in [9.17, 15) is 0 Å². The molecule has 6 N–H and O–H groups in total. The molecule has 0 rings (SSSR count). The van der Waals surface area contributed by atoms with Crippen molar-refractivity contribution in [2.45, 2.75) is 0 Å². The van der Waals surface area contributed by atoms with Crippen LogP contribution in [-0.2, 0) is 29.9 Å². The topological polar surface area (TPSA) is 127 Å². The van der Waals surface area contributed by atoms with Crippen LogP contribution in [0.5, 0.6) is 0 Å². The van der Waals surface area contributed by atoms with E-state index in [4.69, 9.17) is 29.0 Å². The molecule has 8 heteroatoms. The molecule has 0 spiro atoms. The van der Waals surface area contributed by atoms with Crippen LogP contribution in [0.3, 0.4) is 0 Å². The van der Waals surface area contributed by atoms with Crippen molar-refractivity contribution in [3.05, 3.63) is 0 Å². The van der Waals surface area contributed by atoms with Gasteiger partial charge in [0.15, 0.2) is 0 Å². The molecule has 0 atom stereocenters. The van der Waals surface area contributed by atoms with Crippen LogP contribution in [0.15, 0.2) is 0 Å². The van der Waals surface area contributed by atoms with Gasteiger partial charge in [0.1, 0.15) is 0 Å². The van der Waals surface area contributed by atoms with Crippen LogP contribution >= 0.6 is 0 Å². The molecule has 1 radical (unpaired) electrons. The number of nitrogens with two attached hydrogens (primary N) is 2. The van der Waals surface area contributed by atoms with Crippen LogP contribution < -0.4 is 11.5 Å². The fourth-order valence-electron chi connectivity index (χ4n) is 0. The third-order valence-corrected chi connectivity index (χ3v) is 0.167. The smallest absolute Gasteiger partial charge is 0.329 e. The minimum atomic E-state index is -4.67. The largest absolute Gasteiger partial charge is 0.394 e. The summed E-state index contributed by atoms with van der Waals surface area (Å²) in [6, 6.07) is 0. The minimum absolute atomic E-state index is 0. The molecular weight excluding hydrogens is 251 g/mol. The first-order valence-corrected chi connectivity index (χ1v) is 3.41. The van der Waals surface area contributed by atoms with Crippen molar-refractivity contribution in [3.8, 4) is 0 Å². The van der Waals surface area contributed by atoms with Crippen molar-refractivity contribution in [1.82, 2.24) is 0 Å². The van der Waals surface area contributed by atoms with Gasteiger partial charge >= 0.3 is 10.4 Å². The molecule has 0 aliphatic rings. The molecule has 0 aromatic heterocycles. The van der Waals surface area contributed by atoms with E-state index < -0.39 is 10.4 Å². The summed E-state index contributed by atoms with van der Waals surface area (Å²) in [4.78, 5) is 0.